The number of benzene rings is 1. The van der Waals surface area contributed by atoms with Crippen molar-refractivity contribution in [2.45, 2.75) is 38.5 Å². The Bertz CT molecular complexity index is 586. The minimum absolute atomic E-state index is 0.437. The Hall–Kier alpha value is -1.31. The molecule has 4 rings (SSSR count). The van der Waals surface area contributed by atoms with Gasteiger partial charge in [0.15, 0.2) is 0 Å². The van der Waals surface area contributed by atoms with Crippen LogP contribution in [-0.4, -0.2) is 10.2 Å². The molecule has 2 atom stereocenters. The second-order valence-electron chi connectivity index (χ2n) is 6.07. The van der Waals surface area contributed by atoms with Gasteiger partial charge < -0.3 is 0 Å². The Morgan fingerprint density at radius 1 is 1.29 bits per heavy atom. The van der Waals surface area contributed by atoms with Crippen LogP contribution in [0.3, 0.4) is 0 Å². The number of aryl methyl sites for hydroxylation is 1. The van der Waals surface area contributed by atoms with Crippen molar-refractivity contribution in [3.63, 3.8) is 0 Å². The number of H-pyrrole nitrogens is 1. The first-order valence-electron chi connectivity index (χ1n) is 6.65. The third kappa shape index (κ3) is 1.09. The van der Waals surface area contributed by atoms with Crippen LogP contribution >= 0.6 is 0 Å². The molecule has 2 saturated carbocycles. The monoisotopic (exact) mass is 226 g/mol. The zero-order chi connectivity index (χ0) is 11.6. The average Bonchev–Trinajstić information content (AvgIpc) is 2.79. The maximum atomic E-state index is 4.21. The summed E-state index contributed by atoms with van der Waals surface area (Å²) in [5.41, 5.74) is 4.52. The van der Waals surface area contributed by atoms with E-state index in [4.69, 9.17) is 0 Å². The topological polar surface area (TPSA) is 28.7 Å². The maximum absolute atomic E-state index is 4.21. The van der Waals surface area contributed by atoms with Crippen LogP contribution in [0.15, 0.2) is 18.3 Å². The van der Waals surface area contributed by atoms with Gasteiger partial charge in [-0.3, -0.25) is 5.10 Å². The summed E-state index contributed by atoms with van der Waals surface area (Å²) in [6.07, 6.45) is 6.29. The van der Waals surface area contributed by atoms with E-state index in [1.54, 1.807) is 0 Å². The highest BCUT2D eigenvalue weighted by Crippen LogP contribution is 2.68. The lowest BCUT2D eigenvalue weighted by Gasteiger charge is -2.17. The van der Waals surface area contributed by atoms with Gasteiger partial charge in [-0.2, -0.15) is 5.10 Å². The first-order valence-corrected chi connectivity index (χ1v) is 6.65. The normalized spacial score (nSPS) is 35.2. The molecule has 2 fully saturated rings. The van der Waals surface area contributed by atoms with E-state index >= 15 is 0 Å². The van der Waals surface area contributed by atoms with Gasteiger partial charge >= 0.3 is 0 Å². The lowest BCUT2D eigenvalue weighted by molar-refractivity contribution is 0.553. The molecule has 2 aliphatic carbocycles. The second-order valence-corrected chi connectivity index (χ2v) is 6.07. The van der Waals surface area contributed by atoms with Crippen LogP contribution in [0, 0.1) is 18.8 Å². The van der Waals surface area contributed by atoms with Crippen molar-refractivity contribution in [1.29, 1.82) is 0 Å². The van der Waals surface area contributed by atoms with Gasteiger partial charge in [0.05, 0.1) is 11.7 Å². The quantitative estimate of drug-likeness (QED) is 0.791. The fourth-order valence-corrected chi connectivity index (χ4v) is 4.30. The summed E-state index contributed by atoms with van der Waals surface area (Å²) in [4.78, 5) is 0. The highest BCUT2D eigenvalue weighted by atomic mass is 15.1. The van der Waals surface area contributed by atoms with Gasteiger partial charge in [0.1, 0.15) is 0 Å². The summed E-state index contributed by atoms with van der Waals surface area (Å²) in [5, 5.41) is 8.67. The smallest absolute Gasteiger partial charge is 0.0655 e. The van der Waals surface area contributed by atoms with Gasteiger partial charge in [0.2, 0.25) is 0 Å². The Balaban J connectivity index is 1.94. The van der Waals surface area contributed by atoms with E-state index in [1.807, 2.05) is 6.20 Å². The minimum Gasteiger partial charge on any atom is -0.278 e. The number of nitrogens with one attached hydrogen (secondary N) is 1. The van der Waals surface area contributed by atoms with Crippen molar-refractivity contribution < 1.29 is 0 Å². The molecule has 0 amide bonds. The predicted molar refractivity (Wildman–Crippen MR) is 69.0 cm³/mol. The van der Waals surface area contributed by atoms with Crippen LogP contribution in [0.4, 0.5) is 0 Å². The molecule has 2 heteroatoms. The molecule has 2 unspecified atom stereocenters. The van der Waals surface area contributed by atoms with Crippen LogP contribution in [0.5, 0.6) is 0 Å². The average molecular weight is 226 g/mol. The summed E-state index contributed by atoms with van der Waals surface area (Å²) in [7, 11) is 0. The zero-order valence-corrected chi connectivity index (χ0v) is 10.5. The van der Waals surface area contributed by atoms with E-state index in [-0.39, 0.29) is 0 Å². The Kier molecular flexibility index (Phi) is 1.67. The second kappa shape index (κ2) is 2.92. The SMILES string of the molecule is Cc1cc(C2(C)C3CCCC32)c2cn[nH]c2c1. The van der Waals surface area contributed by atoms with Crippen molar-refractivity contribution >= 4 is 10.9 Å². The molecule has 2 nitrogen and oxygen atoms in total. The first kappa shape index (κ1) is 9.69. The summed E-state index contributed by atoms with van der Waals surface area (Å²) in [6.45, 7) is 4.65. The molecule has 1 aromatic carbocycles. The molecule has 0 aliphatic heterocycles. The van der Waals surface area contributed by atoms with Crippen LogP contribution < -0.4 is 0 Å². The van der Waals surface area contributed by atoms with Crippen molar-refractivity contribution in [3.05, 3.63) is 29.5 Å². The standard InChI is InChI=1S/C15H18N2/c1-9-6-13(10-8-16-17-14(10)7-9)15(2)11-4-3-5-12(11)15/h6-8,11-12H,3-5H2,1-2H3,(H,16,17). The Labute approximate surface area is 101 Å². The number of rotatable bonds is 1. The van der Waals surface area contributed by atoms with E-state index < -0.39 is 0 Å². The zero-order valence-electron chi connectivity index (χ0n) is 10.5. The van der Waals surface area contributed by atoms with Gasteiger partial charge in [0, 0.05) is 5.39 Å². The third-order valence-electron chi connectivity index (χ3n) is 5.23. The number of nitrogens with zero attached hydrogens (tertiary/aromatic N) is 1. The molecule has 0 spiro atoms. The number of aromatic nitrogens is 2. The maximum Gasteiger partial charge on any atom is 0.0655 e. The summed E-state index contributed by atoms with van der Waals surface area (Å²) < 4.78 is 0. The van der Waals surface area contributed by atoms with Gasteiger partial charge in [-0.1, -0.05) is 19.4 Å². The highest BCUT2D eigenvalue weighted by Gasteiger charge is 2.63. The fourth-order valence-electron chi connectivity index (χ4n) is 4.30. The molecule has 2 aromatic rings. The van der Waals surface area contributed by atoms with Crippen molar-refractivity contribution in [1.82, 2.24) is 10.2 Å². The van der Waals surface area contributed by atoms with Crippen LogP contribution in [-0.2, 0) is 5.41 Å². The Morgan fingerprint density at radius 3 is 2.82 bits per heavy atom. The Morgan fingerprint density at radius 2 is 2.06 bits per heavy atom. The van der Waals surface area contributed by atoms with Gasteiger partial charge in [-0.15, -0.1) is 0 Å². The van der Waals surface area contributed by atoms with E-state index in [0.717, 1.165) is 11.8 Å². The van der Waals surface area contributed by atoms with Gasteiger partial charge in [0.25, 0.3) is 0 Å². The van der Waals surface area contributed by atoms with Crippen LogP contribution in [0.1, 0.15) is 37.3 Å². The van der Waals surface area contributed by atoms with E-state index in [2.05, 4.69) is 36.2 Å². The van der Waals surface area contributed by atoms with E-state index in [9.17, 15) is 0 Å². The van der Waals surface area contributed by atoms with Crippen molar-refractivity contribution in [2.24, 2.45) is 11.8 Å². The van der Waals surface area contributed by atoms with Gasteiger partial charge in [-0.25, -0.2) is 0 Å². The molecule has 0 saturated heterocycles. The molecular formula is C15H18N2. The third-order valence-corrected chi connectivity index (χ3v) is 5.23. The predicted octanol–water partition coefficient (Wildman–Crippen LogP) is 3.56. The molecule has 2 aliphatic rings. The molecule has 17 heavy (non-hydrogen) atoms. The van der Waals surface area contributed by atoms with Crippen molar-refractivity contribution in [2.75, 3.05) is 0 Å². The summed E-state index contributed by atoms with van der Waals surface area (Å²) in [6, 6.07) is 4.59. The fraction of sp³-hybridized carbons (Fsp3) is 0.533. The highest BCUT2D eigenvalue weighted by molar-refractivity contribution is 5.84. The van der Waals surface area contributed by atoms with Crippen LogP contribution in [0.25, 0.3) is 10.9 Å². The van der Waals surface area contributed by atoms with Crippen molar-refractivity contribution in [3.8, 4) is 0 Å². The first-order chi connectivity index (χ1) is 8.21. The molecule has 1 heterocycles. The molecule has 88 valence electrons. The van der Waals surface area contributed by atoms with Crippen LogP contribution in [0.2, 0.25) is 0 Å². The molecule has 1 N–H and O–H groups in total. The molecule has 0 radical (unpaired) electrons. The number of aromatic amines is 1. The summed E-state index contributed by atoms with van der Waals surface area (Å²) in [5.74, 6) is 1.87. The van der Waals surface area contributed by atoms with Gasteiger partial charge in [-0.05, 0) is 54.2 Å². The number of fused-ring (bicyclic) bond motifs is 2. The number of hydrogen-bond donors (Lipinski definition) is 1. The largest absolute Gasteiger partial charge is 0.278 e. The summed E-state index contributed by atoms with van der Waals surface area (Å²) >= 11 is 0. The van der Waals surface area contributed by atoms with E-state index in [0.29, 0.717) is 5.41 Å². The minimum atomic E-state index is 0.437. The lowest BCUT2D eigenvalue weighted by atomic mass is 9.86. The number of hydrogen-bond acceptors (Lipinski definition) is 1. The molecule has 1 aromatic heterocycles. The van der Waals surface area contributed by atoms with E-state index in [1.165, 1.54) is 41.3 Å². The molecule has 0 bridgehead atoms. The lowest BCUT2D eigenvalue weighted by Crippen LogP contribution is -2.09. The molecular weight excluding hydrogens is 208 g/mol.